The van der Waals surface area contributed by atoms with E-state index in [4.69, 9.17) is 24.0 Å². The third-order valence-electron chi connectivity index (χ3n) is 20.5. The minimum atomic E-state index is -0.654. The molecule has 2 saturated carbocycles. The van der Waals surface area contributed by atoms with Crippen LogP contribution in [0.5, 0.6) is 46.0 Å². The fourth-order valence-corrected chi connectivity index (χ4v) is 13.1. The summed E-state index contributed by atoms with van der Waals surface area (Å²) < 4.78 is 88.5. The van der Waals surface area contributed by atoms with Crippen LogP contribution in [-0.4, -0.2) is 95.3 Å². The topological polar surface area (TPSA) is 339 Å². The van der Waals surface area contributed by atoms with E-state index in [1.807, 2.05) is 119 Å². The highest BCUT2D eigenvalue weighted by molar-refractivity contribution is 6.00. The van der Waals surface area contributed by atoms with Gasteiger partial charge in [-0.05, 0) is 156 Å². The predicted octanol–water partition coefficient (Wildman–Crippen LogP) is 21.6. The van der Waals surface area contributed by atoms with E-state index in [1.165, 1.54) is 101 Å². The number of carbonyl (C=O) groups excluding carboxylic acids is 7. The Kier molecular flexibility index (Phi) is 32.1. The van der Waals surface area contributed by atoms with E-state index in [-0.39, 0.29) is 123 Å². The van der Waals surface area contributed by atoms with Crippen LogP contribution in [0.3, 0.4) is 0 Å². The molecule has 0 unspecified atom stereocenters. The van der Waals surface area contributed by atoms with E-state index in [9.17, 15) is 51.1 Å². The van der Waals surface area contributed by atoms with Crippen LogP contribution in [0, 0.1) is 35.1 Å². The minimum absolute atomic E-state index is 0.00324. The van der Waals surface area contributed by atoms with Gasteiger partial charge < -0.3 is 40.2 Å². The number of Topliss-reactive ketones (excluding diaryl/α,β-unsaturated/α-hetero) is 3. The van der Waals surface area contributed by atoms with Gasteiger partial charge in [-0.25, -0.2) is 41.5 Å². The fraction of sp³-hybridized carbons (Fsp3) is 0.360. The zero-order valence-electron chi connectivity index (χ0n) is 77.8. The van der Waals surface area contributed by atoms with Crippen LogP contribution in [0.4, 0.5) is 61.7 Å². The number of hydrogen-bond acceptors (Lipinski definition) is 18. The lowest BCUT2D eigenvalue weighted by Gasteiger charge is -2.14. The van der Waals surface area contributed by atoms with E-state index in [1.54, 1.807) is 77.1 Å². The van der Waals surface area contributed by atoms with Crippen LogP contribution in [-0.2, 0) is 97.9 Å². The fourth-order valence-electron chi connectivity index (χ4n) is 13.1. The number of hydrogen-bond donors (Lipinski definition) is 6. The van der Waals surface area contributed by atoms with Gasteiger partial charge in [0.15, 0.2) is 0 Å². The number of nitrogens with one attached hydrogen (secondary N) is 6. The van der Waals surface area contributed by atoms with Crippen molar-refractivity contribution in [2.24, 2.45) is 18.9 Å². The van der Waals surface area contributed by atoms with Gasteiger partial charge in [-0.1, -0.05) is 107 Å². The van der Waals surface area contributed by atoms with Crippen molar-refractivity contribution in [2.75, 3.05) is 31.9 Å². The van der Waals surface area contributed by atoms with Gasteiger partial charge in [0.2, 0.25) is 11.8 Å². The summed E-state index contributed by atoms with van der Waals surface area (Å²) in [4.78, 5) is 96.5. The van der Waals surface area contributed by atoms with Crippen molar-refractivity contribution < 1.29 is 70.1 Å². The van der Waals surface area contributed by atoms with Crippen LogP contribution in [0.1, 0.15) is 201 Å². The highest BCUT2D eigenvalue weighted by Gasteiger charge is 2.31. The molecule has 28 nitrogen and oxygen atoms in total. The number of benzene rings is 5. The van der Waals surface area contributed by atoms with Crippen LogP contribution >= 0.6 is 0 Å². The van der Waals surface area contributed by atoms with Crippen LogP contribution in [0.15, 0.2) is 182 Å². The number of halogens is 4. The molecule has 32 heteroatoms. The molecular formula is C100H115F4N17O11. The molecule has 6 N–H and O–H groups in total. The van der Waals surface area contributed by atoms with E-state index >= 15 is 0 Å². The third kappa shape index (κ3) is 29.9. The first-order valence-electron chi connectivity index (χ1n) is 43.6. The summed E-state index contributed by atoms with van der Waals surface area (Å²) in [6.45, 7) is 34.7. The molecule has 6 amide bonds. The van der Waals surface area contributed by atoms with Gasteiger partial charge in [0.05, 0.1) is 57.6 Å². The molecule has 694 valence electrons. The summed E-state index contributed by atoms with van der Waals surface area (Å²) in [5, 5.41) is 34.3. The number of ketones is 3. The molecule has 2 aliphatic rings. The molecule has 2 fully saturated rings. The summed E-state index contributed by atoms with van der Waals surface area (Å²) in [5.74, 6) is 2.70. The van der Waals surface area contributed by atoms with E-state index in [0.29, 0.717) is 75.0 Å². The number of para-hydroxylation sites is 1. The van der Waals surface area contributed by atoms with Crippen molar-refractivity contribution in [3.05, 3.63) is 257 Å². The summed E-state index contributed by atoms with van der Waals surface area (Å²) in [6, 6.07) is 42.5. The average molecular weight is 1810 g/mol. The van der Waals surface area contributed by atoms with Gasteiger partial charge >= 0.3 is 12.1 Å². The Morgan fingerprint density at radius 1 is 0.394 bits per heavy atom. The second kappa shape index (κ2) is 43.0. The number of carbonyl (C=O) groups is 7. The number of nitrogens with zero attached hydrogens (tertiary/aromatic N) is 11. The number of urea groups is 2. The van der Waals surface area contributed by atoms with Gasteiger partial charge in [0.25, 0.3) is 0 Å². The molecule has 12 aromatic rings. The Bertz CT molecular complexity index is 6130. The number of aryl methyl sites for hydroxylation is 1. The maximum absolute atomic E-state index is 14.7. The quantitative estimate of drug-likeness (QED) is 0.0237. The molecule has 7 aromatic heterocycles. The smallest absolute Gasteiger partial charge is 0.324 e. The van der Waals surface area contributed by atoms with Crippen molar-refractivity contribution in [3.8, 4) is 46.0 Å². The third-order valence-corrected chi connectivity index (χ3v) is 20.5. The molecule has 0 spiro atoms. The second-order valence-corrected chi connectivity index (χ2v) is 37.2. The first-order valence-corrected chi connectivity index (χ1v) is 43.6. The lowest BCUT2D eigenvalue weighted by Crippen LogP contribution is -2.22. The maximum Gasteiger partial charge on any atom is 0.324 e. The zero-order valence-corrected chi connectivity index (χ0v) is 77.8. The molecule has 0 radical (unpaired) electrons. The van der Waals surface area contributed by atoms with Gasteiger partial charge in [0, 0.05) is 165 Å². The summed E-state index contributed by atoms with van der Waals surface area (Å²) in [7, 11) is 1.78. The van der Waals surface area contributed by atoms with Crippen molar-refractivity contribution >= 4 is 75.7 Å². The Balaban J connectivity index is 0.000000170. The number of rotatable bonds is 29. The van der Waals surface area contributed by atoms with Gasteiger partial charge in [-0.15, -0.1) is 0 Å². The number of anilines is 6. The molecule has 14 rings (SSSR count). The maximum atomic E-state index is 14.7. The SMILES string of the molecule is CC(=O)Cc1cc(Oc2ccc(NC(=O)Nc3cc(C(C)(C)C)nn3C(C)C)c(F)c2)ccn1.CC(=O)Cc1cc(Oc2ccc(NC(=O)Nc3cc(C(C)(C)C)nn3CC3CC3)c(F)c2)ccn1.CC(=O)Nc1cc(Oc2ccc(NC(=O)Cc3cc(C(C)(C)C)nn3C)c(F)c2)ccn1.CC(C)(C)c1cc(CC(=O)Cc2ccc(Oc3ccccc3)cc2F)n(CC2CC2)n1. The monoisotopic (exact) mass is 1810 g/mol. The molecule has 0 aliphatic heterocycles. The molecule has 7 heterocycles. The Hall–Kier alpha value is -14.2. The van der Waals surface area contributed by atoms with Gasteiger partial charge in [-0.2, -0.15) is 20.4 Å². The second-order valence-electron chi connectivity index (χ2n) is 37.2. The number of ether oxygens (including phenoxy) is 4. The Labute approximate surface area is 765 Å². The molecule has 2 aliphatic carbocycles. The molecule has 5 aromatic carbocycles. The molecular weight excluding hydrogens is 1690 g/mol. The zero-order chi connectivity index (χ0) is 95.7. The molecule has 0 atom stereocenters. The number of amides is 6. The average Bonchev–Trinajstić information content (AvgIpc) is 1.67. The van der Waals surface area contributed by atoms with Crippen molar-refractivity contribution in [3.63, 3.8) is 0 Å². The van der Waals surface area contributed by atoms with Crippen LogP contribution in [0.25, 0.3) is 0 Å². The summed E-state index contributed by atoms with van der Waals surface area (Å²) in [6.07, 6.45) is 10.1. The lowest BCUT2D eigenvalue weighted by molar-refractivity contribution is -0.118. The highest BCUT2D eigenvalue weighted by atomic mass is 19.1. The first kappa shape index (κ1) is 98.4. The predicted molar refractivity (Wildman–Crippen MR) is 499 cm³/mol. The van der Waals surface area contributed by atoms with Crippen molar-refractivity contribution in [2.45, 2.75) is 216 Å². The number of aromatic nitrogens is 11. The normalized spacial score (nSPS) is 12.5. The molecule has 0 saturated heterocycles. The van der Waals surface area contributed by atoms with Gasteiger partial charge in [-0.3, -0.25) is 53.9 Å². The Morgan fingerprint density at radius 3 is 1.27 bits per heavy atom. The van der Waals surface area contributed by atoms with Crippen LogP contribution < -0.4 is 50.8 Å². The van der Waals surface area contributed by atoms with E-state index in [0.717, 1.165) is 60.1 Å². The van der Waals surface area contributed by atoms with E-state index < -0.39 is 35.3 Å². The van der Waals surface area contributed by atoms with Crippen molar-refractivity contribution in [1.82, 2.24) is 54.1 Å². The largest absolute Gasteiger partial charge is 0.457 e. The minimum Gasteiger partial charge on any atom is -0.457 e. The summed E-state index contributed by atoms with van der Waals surface area (Å²) in [5.41, 5.74) is 6.29. The highest BCUT2D eigenvalue weighted by Crippen LogP contribution is 2.37. The lowest BCUT2D eigenvalue weighted by atomic mass is 9.92. The Morgan fingerprint density at radius 2 is 0.803 bits per heavy atom. The molecule has 0 bridgehead atoms. The van der Waals surface area contributed by atoms with E-state index in [2.05, 4.69) is 104 Å². The standard InChI is InChI=1S/C26H30FN5O3.C26H29FN2O2.C25H30FN5O3.C23H26FN5O3/c1-16(33)11-18-12-20(9-10-28-18)35-19-7-8-22(21(27)13-19)29-25(34)30-24-14-23(26(2,3)4)31-32(24)15-17-5-6-17;1-26(2,3)25-15-20(29(28-25)17-18-9-10-18)14-21(30)13-19-11-12-23(16-24(19)27)31-22-7-5-4-6-8-22;1-15(2)31-23(14-22(30-31)25(4,5)6)29-24(33)28-21-8-7-18(13-20(21)26)34-19-9-10-27-17(12-19)11-16(3)32;1-14(30)26-21-13-17(8-9-25-21)32-16-6-7-19(18(24)12-16)27-22(31)11-15-10-20(23(2,3)4)28-29(15)5/h7-10,12-14,17H,5-6,11,15H2,1-4H3,(H2,29,30,34);4-8,11-12,15-16,18H,9-10,13-14,17H2,1-3H3;7-10,12-15H,11H2,1-6H3,(H2,28,29,33);6-10,12-13H,11H2,1-5H3,(H,27,31)(H,25,26,30). The first-order chi connectivity index (χ1) is 62.3. The van der Waals surface area contributed by atoms with Crippen molar-refractivity contribution in [1.29, 1.82) is 0 Å². The summed E-state index contributed by atoms with van der Waals surface area (Å²) >= 11 is 0. The molecule has 132 heavy (non-hydrogen) atoms. The van der Waals surface area contributed by atoms with Gasteiger partial charge in [0.1, 0.15) is 104 Å². The number of pyridine rings is 3. The van der Waals surface area contributed by atoms with Crippen LogP contribution in [0.2, 0.25) is 0 Å².